The van der Waals surface area contributed by atoms with E-state index in [1.54, 1.807) is 0 Å². The first-order chi connectivity index (χ1) is 9.52. The lowest BCUT2D eigenvalue weighted by atomic mass is 9.95. The maximum absolute atomic E-state index is 6.36. The van der Waals surface area contributed by atoms with Gasteiger partial charge in [0, 0.05) is 14.5 Å². The average Bonchev–Trinajstić information content (AvgIpc) is 2.42. The molecule has 2 rings (SSSR count). The van der Waals surface area contributed by atoms with Crippen LogP contribution < -0.4 is 5.32 Å². The Morgan fingerprint density at radius 1 is 1.10 bits per heavy atom. The van der Waals surface area contributed by atoms with Crippen LogP contribution in [0.4, 0.5) is 0 Å². The molecule has 0 spiro atoms. The molecule has 0 heterocycles. The van der Waals surface area contributed by atoms with Crippen LogP contribution in [0.15, 0.2) is 40.9 Å². The lowest BCUT2D eigenvalue weighted by Crippen LogP contribution is -2.23. The Hall–Kier alpha value is -0.540. The number of hydrogen-bond acceptors (Lipinski definition) is 1. The van der Waals surface area contributed by atoms with Gasteiger partial charge in [-0.15, -0.1) is 0 Å². The molecule has 0 aliphatic rings. The molecule has 20 heavy (non-hydrogen) atoms. The van der Waals surface area contributed by atoms with Crippen LogP contribution in [0, 0.1) is 6.92 Å². The molecule has 0 radical (unpaired) electrons. The number of benzene rings is 2. The molecule has 1 unspecified atom stereocenters. The van der Waals surface area contributed by atoms with Crippen LogP contribution in [0.25, 0.3) is 0 Å². The Labute approximate surface area is 138 Å². The van der Waals surface area contributed by atoms with Crippen molar-refractivity contribution in [1.82, 2.24) is 5.32 Å². The predicted molar refractivity (Wildman–Crippen MR) is 90.9 cm³/mol. The van der Waals surface area contributed by atoms with Gasteiger partial charge in [0.25, 0.3) is 0 Å². The van der Waals surface area contributed by atoms with Gasteiger partial charge in [0.2, 0.25) is 0 Å². The molecular weight excluding hydrogens is 357 g/mol. The number of rotatable bonds is 4. The fraction of sp³-hybridized carbons (Fsp3) is 0.250. The number of nitrogens with one attached hydrogen (secondary N) is 1. The van der Waals surface area contributed by atoms with E-state index in [4.69, 9.17) is 23.2 Å². The molecule has 0 aromatic heterocycles. The van der Waals surface area contributed by atoms with Gasteiger partial charge in [-0.1, -0.05) is 52.1 Å². The summed E-state index contributed by atoms with van der Waals surface area (Å²) in [5.74, 6) is 0. The second kappa shape index (κ2) is 6.95. The van der Waals surface area contributed by atoms with Gasteiger partial charge in [-0.05, 0) is 60.5 Å². The van der Waals surface area contributed by atoms with Crippen molar-refractivity contribution in [1.29, 1.82) is 0 Å². The molecule has 0 aliphatic heterocycles. The van der Waals surface area contributed by atoms with E-state index in [9.17, 15) is 0 Å². The fourth-order valence-electron chi connectivity index (χ4n) is 2.25. The van der Waals surface area contributed by atoms with Gasteiger partial charge in [0.15, 0.2) is 0 Å². The summed E-state index contributed by atoms with van der Waals surface area (Å²) in [5.41, 5.74) is 3.42. The fourth-order valence-corrected chi connectivity index (χ4v) is 3.04. The second-order valence-corrected chi connectivity index (χ2v) is 6.42. The largest absolute Gasteiger partial charge is 0.306 e. The summed E-state index contributed by atoms with van der Waals surface area (Å²) in [6.07, 6.45) is 0. The zero-order valence-electron chi connectivity index (χ0n) is 11.4. The van der Waals surface area contributed by atoms with Crippen LogP contribution in [0.1, 0.15) is 29.7 Å². The smallest absolute Gasteiger partial charge is 0.0594 e. The molecule has 2 aromatic carbocycles. The van der Waals surface area contributed by atoms with Gasteiger partial charge >= 0.3 is 0 Å². The summed E-state index contributed by atoms with van der Waals surface area (Å²) < 4.78 is 1.05. The first-order valence-corrected chi connectivity index (χ1v) is 8.02. The number of hydrogen-bond donors (Lipinski definition) is 1. The summed E-state index contributed by atoms with van der Waals surface area (Å²) in [7, 11) is 0. The monoisotopic (exact) mass is 371 g/mol. The minimum atomic E-state index is 0.0312. The quantitative estimate of drug-likeness (QED) is 0.718. The van der Waals surface area contributed by atoms with E-state index in [1.165, 1.54) is 11.1 Å². The minimum absolute atomic E-state index is 0.0312. The molecule has 2 aromatic rings. The summed E-state index contributed by atoms with van der Waals surface area (Å²) in [5, 5.41) is 4.90. The highest BCUT2D eigenvalue weighted by atomic mass is 79.9. The first kappa shape index (κ1) is 15.8. The zero-order chi connectivity index (χ0) is 14.7. The Morgan fingerprint density at radius 2 is 1.85 bits per heavy atom. The van der Waals surface area contributed by atoms with Gasteiger partial charge in [0.05, 0.1) is 6.04 Å². The summed E-state index contributed by atoms with van der Waals surface area (Å²) in [4.78, 5) is 0. The standard InChI is InChI=1S/C16H16BrCl2N/c1-3-20-16(13-8-11(17)5-4-10(13)2)14-9-12(18)6-7-15(14)19/h4-9,16,20H,3H2,1-2H3. The molecule has 1 N–H and O–H groups in total. The predicted octanol–water partition coefficient (Wildman–Crippen LogP) is 5.76. The van der Waals surface area contributed by atoms with Crippen molar-refractivity contribution < 1.29 is 0 Å². The van der Waals surface area contributed by atoms with Crippen LogP contribution >= 0.6 is 39.1 Å². The van der Waals surface area contributed by atoms with E-state index < -0.39 is 0 Å². The van der Waals surface area contributed by atoms with Crippen LogP contribution in [0.5, 0.6) is 0 Å². The van der Waals surface area contributed by atoms with E-state index in [0.29, 0.717) is 5.02 Å². The molecule has 0 fully saturated rings. The van der Waals surface area contributed by atoms with Crippen molar-refractivity contribution in [2.24, 2.45) is 0 Å². The van der Waals surface area contributed by atoms with Gasteiger partial charge in [-0.25, -0.2) is 0 Å². The van der Waals surface area contributed by atoms with Gasteiger partial charge in [-0.3, -0.25) is 0 Å². The van der Waals surface area contributed by atoms with Crippen LogP contribution in [-0.2, 0) is 0 Å². The van der Waals surface area contributed by atoms with Gasteiger partial charge in [-0.2, -0.15) is 0 Å². The van der Waals surface area contributed by atoms with Gasteiger partial charge < -0.3 is 5.32 Å². The lowest BCUT2D eigenvalue weighted by Gasteiger charge is -2.22. The number of halogens is 3. The third-order valence-electron chi connectivity index (χ3n) is 3.23. The van der Waals surface area contributed by atoms with Crippen molar-refractivity contribution in [3.05, 3.63) is 67.6 Å². The summed E-state index contributed by atoms with van der Waals surface area (Å²) in [6, 6.07) is 11.9. The van der Waals surface area contributed by atoms with Crippen molar-refractivity contribution in [2.45, 2.75) is 19.9 Å². The topological polar surface area (TPSA) is 12.0 Å². The van der Waals surface area contributed by atoms with Crippen molar-refractivity contribution in [3.63, 3.8) is 0 Å². The molecular formula is C16H16BrCl2N. The molecule has 1 atom stereocenters. The second-order valence-electron chi connectivity index (χ2n) is 4.66. The Balaban J connectivity index is 2.55. The molecule has 4 heteroatoms. The third-order valence-corrected chi connectivity index (χ3v) is 4.30. The van der Waals surface area contributed by atoms with Crippen LogP contribution in [-0.4, -0.2) is 6.54 Å². The van der Waals surface area contributed by atoms with E-state index in [2.05, 4.69) is 47.2 Å². The Bertz CT molecular complexity index is 562. The molecule has 0 aliphatic carbocycles. The van der Waals surface area contributed by atoms with Crippen LogP contribution in [0.3, 0.4) is 0 Å². The molecule has 0 saturated carbocycles. The Kier molecular flexibility index (Phi) is 5.50. The van der Waals surface area contributed by atoms with E-state index in [0.717, 1.165) is 21.6 Å². The van der Waals surface area contributed by atoms with Crippen molar-refractivity contribution >= 4 is 39.1 Å². The SMILES string of the molecule is CCNC(c1cc(Br)ccc1C)c1cc(Cl)ccc1Cl. The summed E-state index contributed by atoms with van der Waals surface area (Å²) in [6.45, 7) is 5.03. The van der Waals surface area contributed by atoms with Crippen molar-refractivity contribution in [3.8, 4) is 0 Å². The highest BCUT2D eigenvalue weighted by Gasteiger charge is 2.18. The molecule has 0 saturated heterocycles. The maximum Gasteiger partial charge on any atom is 0.0594 e. The average molecular weight is 373 g/mol. The molecule has 0 bridgehead atoms. The highest BCUT2D eigenvalue weighted by Crippen LogP contribution is 2.33. The Morgan fingerprint density at radius 3 is 2.55 bits per heavy atom. The third kappa shape index (κ3) is 3.56. The molecule has 0 amide bonds. The maximum atomic E-state index is 6.36. The normalized spacial score (nSPS) is 12.4. The molecule has 106 valence electrons. The van der Waals surface area contributed by atoms with E-state index in [-0.39, 0.29) is 6.04 Å². The van der Waals surface area contributed by atoms with E-state index in [1.807, 2.05) is 24.3 Å². The molecule has 1 nitrogen and oxygen atoms in total. The van der Waals surface area contributed by atoms with Gasteiger partial charge in [0.1, 0.15) is 0 Å². The minimum Gasteiger partial charge on any atom is -0.306 e. The highest BCUT2D eigenvalue weighted by molar-refractivity contribution is 9.10. The zero-order valence-corrected chi connectivity index (χ0v) is 14.5. The summed E-state index contributed by atoms with van der Waals surface area (Å²) >= 11 is 16.0. The van der Waals surface area contributed by atoms with E-state index >= 15 is 0 Å². The van der Waals surface area contributed by atoms with Crippen LogP contribution in [0.2, 0.25) is 10.0 Å². The lowest BCUT2D eigenvalue weighted by molar-refractivity contribution is 0.627. The first-order valence-electron chi connectivity index (χ1n) is 6.47. The van der Waals surface area contributed by atoms with Crippen molar-refractivity contribution in [2.75, 3.05) is 6.54 Å². The number of aryl methyl sites for hydroxylation is 1.